The molecule has 8 heteroatoms. The Kier molecular flexibility index (Phi) is 6.74. The van der Waals surface area contributed by atoms with Gasteiger partial charge in [-0.3, -0.25) is 14.3 Å². The van der Waals surface area contributed by atoms with Crippen LogP contribution in [0.25, 0.3) is 0 Å². The third-order valence-electron chi connectivity index (χ3n) is 3.77. The number of amides is 1. The standard InChI is InChI=1S/C19H22ClN3O4/c1-11(2)9-16(25)21-14-7-5-13(6-8-14)15(24)10-27-19(26)17-12(3)22-23(4)18(17)20/h5-8,11H,9-10H2,1-4H3,(H,21,25). The molecule has 144 valence electrons. The average Bonchev–Trinajstić information content (AvgIpc) is 2.84. The van der Waals surface area contributed by atoms with Crippen molar-refractivity contribution in [2.45, 2.75) is 27.2 Å². The number of ether oxygens (including phenoxy) is 1. The Bertz CT molecular complexity index is 857. The van der Waals surface area contributed by atoms with Gasteiger partial charge < -0.3 is 10.1 Å². The molecule has 0 bridgehead atoms. The van der Waals surface area contributed by atoms with Crippen LogP contribution in [0, 0.1) is 12.8 Å². The molecule has 0 radical (unpaired) electrons. The van der Waals surface area contributed by atoms with Gasteiger partial charge in [0.05, 0.1) is 5.69 Å². The lowest BCUT2D eigenvalue weighted by atomic mass is 10.1. The molecule has 0 aliphatic rings. The molecule has 0 saturated heterocycles. The molecule has 2 rings (SSSR count). The first-order valence-electron chi connectivity index (χ1n) is 8.48. The maximum Gasteiger partial charge on any atom is 0.343 e. The molecule has 1 aromatic heterocycles. The van der Waals surface area contributed by atoms with E-state index in [1.165, 1.54) is 4.68 Å². The molecule has 0 fully saturated rings. The number of carbonyl (C=O) groups is 3. The van der Waals surface area contributed by atoms with Crippen LogP contribution in [0.1, 0.15) is 46.7 Å². The van der Waals surface area contributed by atoms with E-state index in [0.717, 1.165) is 0 Å². The van der Waals surface area contributed by atoms with Crippen LogP contribution >= 0.6 is 11.6 Å². The van der Waals surface area contributed by atoms with Crippen molar-refractivity contribution in [3.63, 3.8) is 0 Å². The van der Waals surface area contributed by atoms with E-state index in [-0.39, 0.29) is 28.3 Å². The number of hydrogen-bond donors (Lipinski definition) is 1. The third kappa shape index (κ3) is 5.40. The number of ketones is 1. The van der Waals surface area contributed by atoms with Gasteiger partial charge >= 0.3 is 5.97 Å². The number of carbonyl (C=O) groups excluding carboxylic acids is 3. The highest BCUT2D eigenvalue weighted by Gasteiger charge is 2.21. The van der Waals surface area contributed by atoms with E-state index in [0.29, 0.717) is 23.4 Å². The molecule has 0 aliphatic heterocycles. The fourth-order valence-electron chi connectivity index (χ4n) is 2.47. The highest BCUT2D eigenvalue weighted by molar-refractivity contribution is 6.32. The number of rotatable bonds is 7. The molecule has 0 spiro atoms. The molecule has 27 heavy (non-hydrogen) atoms. The summed E-state index contributed by atoms with van der Waals surface area (Å²) in [7, 11) is 1.61. The Labute approximate surface area is 162 Å². The second-order valence-corrected chi connectivity index (χ2v) is 6.96. The van der Waals surface area contributed by atoms with Crippen molar-refractivity contribution in [3.05, 3.63) is 46.2 Å². The van der Waals surface area contributed by atoms with Gasteiger partial charge in [-0.05, 0) is 37.1 Å². The Morgan fingerprint density at radius 3 is 2.37 bits per heavy atom. The van der Waals surface area contributed by atoms with Crippen molar-refractivity contribution < 1.29 is 19.1 Å². The lowest BCUT2D eigenvalue weighted by Gasteiger charge is -2.08. The average molecular weight is 392 g/mol. The molecule has 1 N–H and O–H groups in total. The predicted molar refractivity (Wildman–Crippen MR) is 102 cm³/mol. The summed E-state index contributed by atoms with van der Waals surface area (Å²) in [6, 6.07) is 6.41. The van der Waals surface area contributed by atoms with Crippen LogP contribution in [0.2, 0.25) is 5.15 Å². The van der Waals surface area contributed by atoms with Crippen LogP contribution in [-0.2, 0) is 16.6 Å². The van der Waals surface area contributed by atoms with Crippen molar-refractivity contribution in [2.24, 2.45) is 13.0 Å². The SMILES string of the molecule is Cc1nn(C)c(Cl)c1C(=O)OCC(=O)c1ccc(NC(=O)CC(C)C)cc1. The summed E-state index contributed by atoms with van der Waals surface area (Å²) in [5.74, 6) is -0.878. The van der Waals surface area contributed by atoms with Gasteiger partial charge in [-0.25, -0.2) is 4.79 Å². The predicted octanol–water partition coefficient (Wildman–Crippen LogP) is 3.41. The molecule has 1 amide bonds. The third-order valence-corrected chi connectivity index (χ3v) is 4.21. The highest BCUT2D eigenvalue weighted by atomic mass is 35.5. The summed E-state index contributed by atoms with van der Waals surface area (Å²) in [5, 5.41) is 6.96. The van der Waals surface area contributed by atoms with Gasteiger partial charge in [0, 0.05) is 24.7 Å². The van der Waals surface area contributed by atoms with E-state index in [1.807, 2.05) is 13.8 Å². The molecule has 7 nitrogen and oxygen atoms in total. The number of halogens is 1. The molecule has 0 saturated carbocycles. The number of nitrogens with one attached hydrogen (secondary N) is 1. The second kappa shape index (κ2) is 8.81. The van der Waals surface area contributed by atoms with Gasteiger partial charge in [0.15, 0.2) is 12.4 Å². The van der Waals surface area contributed by atoms with Crippen LogP contribution < -0.4 is 5.32 Å². The topological polar surface area (TPSA) is 90.3 Å². The van der Waals surface area contributed by atoms with Crippen molar-refractivity contribution in [1.82, 2.24) is 9.78 Å². The quantitative estimate of drug-likeness (QED) is 0.577. The Morgan fingerprint density at radius 1 is 1.22 bits per heavy atom. The van der Waals surface area contributed by atoms with Crippen LogP contribution in [0.5, 0.6) is 0 Å². The first-order valence-corrected chi connectivity index (χ1v) is 8.86. The first kappa shape index (κ1) is 20.6. The van der Waals surface area contributed by atoms with Gasteiger partial charge in [0.1, 0.15) is 10.7 Å². The minimum Gasteiger partial charge on any atom is -0.454 e. The van der Waals surface area contributed by atoms with Gasteiger partial charge in [0.25, 0.3) is 0 Å². The van der Waals surface area contributed by atoms with Gasteiger partial charge in [-0.1, -0.05) is 25.4 Å². The number of aromatic nitrogens is 2. The fourth-order valence-corrected chi connectivity index (χ4v) is 2.72. The number of hydrogen-bond acceptors (Lipinski definition) is 5. The second-order valence-electron chi connectivity index (χ2n) is 6.60. The lowest BCUT2D eigenvalue weighted by Crippen LogP contribution is -2.16. The molecule has 1 heterocycles. The van der Waals surface area contributed by atoms with Crippen LogP contribution in [-0.4, -0.2) is 34.0 Å². The summed E-state index contributed by atoms with van der Waals surface area (Å²) in [4.78, 5) is 36.1. The molecule has 2 aromatic rings. The van der Waals surface area contributed by atoms with E-state index in [2.05, 4.69) is 10.4 Å². The minimum atomic E-state index is -0.698. The normalized spacial score (nSPS) is 10.7. The molecular weight excluding hydrogens is 370 g/mol. The van der Waals surface area contributed by atoms with E-state index >= 15 is 0 Å². The maximum absolute atomic E-state index is 12.2. The summed E-state index contributed by atoms with van der Waals surface area (Å²) >= 11 is 6.01. The number of benzene rings is 1. The van der Waals surface area contributed by atoms with E-state index < -0.39 is 12.6 Å². The van der Waals surface area contributed by atoms with E-state index in [4.69, 9.17) is 16.3 Å². The van der Waals surface area contributed by atoms with Crippen molar-refractivity contribution in [1.29, 1.82) is 0 Å². The largest absolute Gasteiger partial charge is 0.454 e. The Hall–Kier alpha value is -2.67. The number of nitrogens with zero attached hydrogens (tertiary/aromatic N) is 2. The molecular formula is C19H22ClN3O4. The lowest BCUT2D eigenvalue weighted by molar-refractivity contribution is -0.116. The van der Waals surface area contributed by atoms with Gasteiger partial charge in [0.2, 0.25) is 5.91 Å². The zero-order valence-corrected chi connectivity index (χ0v) is 16.5. The summed E-state index contributed by atoms with van der Waals surface area (Å²) in [5.41, 5.74) is 1.56. The molecule has 1 aromatic carbocycles. The summed E-state index contributed by atoms with van der Waals surface area (Å²) < 4.78 is 6.42. The number of aryl methyl sites for hydroxylation is 2. The smallest absolute Gasteiger partial charge is 0.343 e. The fraction of sp³-hybridized carbons (Fsp3) is 0.368. The van der Waals surface area contributed by atoms with Crippen molar-refractivity contribution >= 4 is 34.9 Å². The highest BCUT2D eigenvalue weighted by Crippen LogP contribution is 2.19. The van der Waals surface area contributed by atoms with Gasteiger partial charge in [-0.15, -0.1) is 0 Å². The monoisotopic (exact) mass is 391 g/mol. The Morgan fingerprint density at radius 2 is 1.85 bits per heavy atom. The number of anilines is 1. The van der Waals surface area contributed by atoms with Crippen molar-refractivity contribution in [3.8, 4) is 0 Å². The minimum absolute atomic E-state index is 0.0817. The maximum atomic E-state index is 12.2. The van der Waals surface area contributed by atoms with E-state index in [1.54, 1.807) is 38.2 Å². The zero-order valence-electron chi connectivity index (χ0n) is 15.7. The molecule has 0 unspecified atom stereocenters. The van der Waals surface area contributed by atoms with Crippen molar-refractivity contribution in [2.75, 3.05) is 11.9 Å². The molecule has 0 atom stereocenters. The molecule has 0 aliphatic carbocycles. The van der Waals surface area contributed by atoms with Gasteiger partial charge in [-0.2, -0.15) is 5.10 Å². The van der Waals surface area contributed by atoms with Crippen LogP contribution in [0.4, 0.5) is 5.69 Å². The van der Waals surface area contributed by atoms with Crippen LogP contribution in [0.15, 0.2) is 24.3 Å². The van der Waals surface area contributed by atoms with Crippen LogP contribution in [0.3, 0.4) is 0 Å². The summed E-state index contributed by atoms with van der Waals surface area (Å²) in [6.07, 6.45) is 0.424. The Balaban J connectivity index is 1.94. The van der Waals surface area contributed by atoms with E-state index in [9.17, 15) is 14.4 Å². The summed E-state index contributed by atoms with van der Waals surface area (Å²) in [6.45, 7) is 5.14. The number of Topliss-reactive ketones (excluding diaryl/α,β-unsaturated/α-hetero) is 1. The zero-order chi connectivity index (χ0) is 20.1. The number of esters is 1. The first-order chi connectivity index (χ1) is 12.7.